The molecule has 0 bridgehead atoms. The zero-order valence-electron chi connectivity index (χ0n) is 10.6. The van der Waals surface area contributed by atoms with Crippen molar-refractivity contribution < 1.29 is 14.6 Å². The average Bonchev–Trinajstić information content (AvgIpc) is 2.64. The van der Waals surface area contributed by atoms with Crippen LogP contribution < -0.4 is 0 Å². The minimum Gasteiger partial charge on any atom is -0.458 e. The van der Waals surface area contributed by atoms with E-state index >= 15 is 0 Å². The summed E-state index contributed by atoms with van der Waals surface area (Å²) in [5.74, 6) is 0.0419. The van der Waals surface area contributed by atoms with Crippen molar-refractivity contribution in [3.8, 4) is 0 Å². The third-order valence-corrected chi connectivity index (χ3v) is 4.50. The normalized spacial score (nSPS) is 35.0. The SMILES string of the molecule is C=C1C(=O)O[C@H]2CC(C)=C3CCC(CO)=C[C@H]3[C@@H]12. The minimum absolute atomic E-state index is 0.0481. The molecular weight excluding hydrogens is 228 g/mol. The van der Waals surface area contributed by atoms with Crippen molar-refractivity contribution in [1.82, 2.24) is 0 Å². The third kappa shape index (κ3) is 1.57. The first kappa shape index (κ1) is 11.7. The molecule has 3 nitrogen and oxygen atoms in total. The molecule has 96 valence electrons. The van der Waals surface area contributed by atoms with Crippen LogP contribution in [0, 0.1) is 11.8 Å². The van der Waals surface area contributed by atoms with Crippen molar-refractivity contribution in [1.29, 1.82) is 0 Å². The standard InChI is InChI=1S/C15H18O3/c1-8-5-13-14(9(2)15(17)18-13)12-6-10(7-16)3-4-11(8)12/h6,12-14,16H,2-5,7H2,1H3/t12-,13+,14-/m1/s1. The van der Waals surface area contributed by atoms with Gasteiger partial charge in [0.25, 0.3) is 0 Å². The van der Waals surface area contributed by atoms with Gasteiger partial charge < -0.3 is 9.84 Å². The summed E-state index contributed by atoms with van der Waals surface area (Å²) in [6.45, 7) is 6.14. The Labute approximate surface area is 107 Å². The van der Waals surface area contributed by atoms with Crippen LogP contribution in [-0.2, 0) is 9.53 Å². The van der Waals surface area contributed by atoms with Crippen LogP contribution in [0.5, 0.6) is 0 Å². The highest BCUT2D eigenvalue weighted by atomic mass is 16.6. The number of aliphatic hydroxyl groups is 1. The van der Waals surface area contributed by atoms with Gasteiger partial charge in [-0.05, 0) is 25.3 Å². The van der Waals surface area contributed by atoms with Gasteiger partial charge in [0.1, 0.15) is 6.10 Å². The molecule has 3 atom stereocenters. The van der Waals surface area contributed by atoms with Crippen LogP contribution in [0.25, 0.3) is 0 Å². The van der Waals surface area contributed by atoms with E-state index in [9.17, 15) is 9.90 Å². The molecule has 3 heteroatoms. The van der Waals surface area contributed by atoms with Gasteiger partial charge in [0, 0.05) is 23.8 Å². The van der Waals surface area contributed by atoms with Crippen LogP contribution in [0.15, 0.2) is 34.9 Å². The van der Waals surface area contributed by atoms with E-state index in [2.05, 4.69) is 19.6 Å². The van der Waals surface area contributed by atoms with Gasteiger partial charge >= 0.3 is 5.97 Å². The molecule has 0 aromatic heterocycles. The largest absolute Gasteiger partial charge is 0.458 e. The molecule has 1 N–H and O–H groups in total. The predicted octanol–water partition coefficient (Wildman–Crippen LogP) is 2.13. The van der Waals surface area contributed by atoms with Gasteiger partial charge in [0.05, 0.1) is 6.61 Å². The van der Waals surface area contributed by atoms with Crippen LogP contribution in [0.3, 0.4) is 0 Å². The summed E-state index contributed by atoms with van der Waals surface area (Å²) in [6.07, 6.45) is 4.84. The molecule has 0 aromatic rings. The van der Waals surface area contributed by atoms with E-state index in [4.69, 9.17) is 4.74 Å². The van der Waals surface area contributed by atoms with Crippen LogP contribution in [0.2, 0.25) is 0 Å². The Morgan fingerprint density at radius 1 is 1.50 bits per heavy atom. The van der Waals surface area contributed by atoms with Gasteiger partial charge in [-0.3, -0.25) is 0 Å². The summed E-state index contributed by atoms with van der Waals surface area (Å²) in [7, 11) is 0. The fourth-order valence-corrected chi connectivity index (χ4v) is 3.55. The van der Waals surface area contributed by atoms with Gasteiger partial charge in [-0.15, -0.1) is 0 Å². The van der Waals surface area contributed by atoms with Gasteiger partial charge in [0.15, 0.2) is 0 Å². The Kier molecular flexibility index (Phi) is 2.67. The molecular formula is C15H18O3. The first-order valence-electron chi connectivity index (χ1n) is 6.50. The first-order chi connectivity index (χ1) is 8.61. The maximum atomic E-state index is 11.7. The van der Waals surface area contributed by atoms with E-state index in [1.54, 1.807) is 0 Å². The smallest absolute Gasteiger partial charge is 0.334 e. The molecule has 0 spiro atoms. The zero-order chi connectivity index (χ0) is 12.9. The summed E-state index contributed by atoms with van der Waals surface area (Å²) in [6, 6.07) is 0. The number of hydrogen-bond acceptors (Lipinski definition) is 3. The van der Waals surface area contributed by atoms with E-state index in [1.165, 1.54) is 11.1 Å². The van der Waals surface area contributed by atoms with E-state index in [0.29, 0.717) is 5.57 Å². The lowest BCUT2D eigenvalue weighted by Crippen LogP contribution is -2.32. The number of aliphatic hydroxyl groups excluding tert-OH is 1. The predicted molar refractivity (Wildman–Crippen MR) is 67.7 cm³/mol. The van der Waals surface area contributed by atoms with Crippen molar-refractivity contribution in [2.75, 3.05) is 6.61 Å². The minimum atomic E-state index is -0.247. The molecule has 3 rings (SSSR count). The van der Waals surface area contributed by atoms with Gasteiger partial charge in [-0.2, -0.15) is 0 Å². The summed E-state index contributed by atoms with van der Waals surface area (Å²) >= 11 is 0. The molecule has 0 aromatic carbocycles. The lowest BCUT2D eigenvalue weighted by atomic mass is 9.68. The number of rotatable bonds is 1. The van der Waals surface area contributed by atoms with Crippen molar-refractivity contribution in [2.24, 2.45) is 11.8 Å². The molecule has 1 fully saturated rings. The van der Waals surface area contributed by atoms with Crippen LogP contribution in [0.4, 0.5) is 0 Å². The Morgan fingerprint density at radius 3 is 3.00 bits per heavy atom. The van der Waals surface area contributed by atoms with Crippen molar-refractivity contribution in [3.05, 3.63) is 34.9 Å². The fourth-order valence-electron chi connectivity index (χ4n) is 3.55. The lowest BCUT2D eigenvalue weighted by Gasteiger charge is -2.37. The van der Waals surface area contributed by atoms with E-state index in [0.717, 1.165) is 24.8 Å². The number of fused-ring (bicyclic) bond motifs is 3. The van der Waals surface area contributed by atoms with E-state index < -0.39 is 0 Å². The van der Waals surface area contributed by atoms with Gasteiger partial charge in [-0.1, -0.05) is 23.8 Å². The number of allylic oxidation sites excluding steroid dienone is 2. The Bertz CT molecular complexity index is 484. The lowest BCUT2D eigenvalue weighted by molar-refractivity contribution is -0.139. The second-order valence-electron chi connectivity index (χ2n) is 5.51. The first-order valence-corrected chi connectivity index (χ1v) is 6.50. The Balaban J connectivity index is 2.04. The van der Waals surface area contributed by atoms with Gasteiger partial charge in [-0.25, -0.2) is 4.79 Å². The Hall–Kier alpha value is -1.35. The van der Waals surface area contributed by atoms with Crippen molar-refractivity contribution in [2.45, 2.75) is 32.3 Å². The molecule has 0 amide bonds. The maximum absolute atomic E-state index is 11.7. The molecule has 2 aliphatic carbocycles. The topological polar surface area (TPSA) is 46.5 Å². The number of esters is 1. The zero-order valence-corrected chi connectivity index (χ0v) is 10.6. The second kappa shape index (κ2) is 4.09. The van der Waals surface area contributed by atoms with Crippen molar-refractivity contribution >= 4 is 5.97 Å². The average molecular weight is 246 g/mol. The van der Waals surface area contributed by atoms with Crippen LogP contribution in [-0.4, -0.2) is 23.8 Å². The third-order valence-electron chi connectivity index (χ3n) is 4.50. The molecule has 3 aliphatic rings. The number of hydrogen-bond donors (Lipinski definition) is 1. The highest BCUT2D eigenvalue weighted by Gasteiger charge is 2.47. The molecule has 1 heterocycles. The quantitative estimate of drug-likeness (QED) is 0.438. The molecule has 18 heavy (non-hydrogen) atoms. The van der Waals surface area contributed by atoms with Gasteiger partial charge in [0.2, 0.25) is 0 Å². The van der Waals surface area contributed by atoms with Crippen LogP contribution >= 0.6 is 0 Å². The molecule has 0 radical (unpaired) electrons. The van der Waals surface area contributed by atoms with Crippen LogP contribution in [0.1, 0.15) is 26.2 Å². The number of carbonyl (C=O) groups excluding carboxylic acids is 1. The van der Waals surface area contributed by atoms with Crippen molar-refractivity contribution in [3.63, 3.8) is 0 Å². The molecule has 0 unspecified atom stereocenters. The molecule has 1 aliphatic heterocycles. The molecule has 1 saturated heterocycles. The highest BCUT2D eigenvalue weighted by Crippen LogP contribution is 2.48. The fraction of sp³-hybridized carbons (Fsp3) is 0.533. The summed E-state index contributed by atoms with van der Waals surface area (Å²) in [4.78, 5) is 11.7. The summed E-state index contributed by atoms with van der Waals surface area (Å²) < 4.78 is 5.40. The second-order valence-corrected chi connectivity index (χ2v) is 5.51. The number of carbonyl (C=O) groups is 1. The number of ether oxygens (including phenoxy) is 1. The summed E-state index contributed by atoms with van der Waals surface area (Å²) in [5, 5.41) is 9.30. The highest BCUT2D eigenvalue weighted by molar-refractivity contribution is 5.91. The Morgan fingerprint density at radius 2 is 2.28 bits per heavy atom. The monoisotopic (exact) mass is 246 g/mol. The summed E-state index contributed by atoms with van der Waals surface area (Å²) in [5.41, 5.74) is 4.44. The molecule has 0 saturated carbocycles. The van der Waals surface area contributed by atoms with E-state index in [-0.39, 0.29) is 30.5 Å². The van der Waals surface area contributed by atoms with E-state index in [1.807, 2.05) is 0 Å². The maximum Gasteiger partial charge on any atom is 0.334 e.